The summed E-state index contributed by atoms with van der Waals surface area (Å²) in [7, 11) is 1.79. The SMILES string of the molecule is C=C1[C@@H](c2ccc(C(C)(F)F)cc2)[C@@](C)(c2ccccc2Cl)N=C(N)N1C. The van der Waals surface area contributed by atoms with Crippen molar-refractivity contribution in [1.29, 1.82) is 0 Å². The van der Waals surface area contributed by atoms with Crippen molar-refractivity contribution < 1.29 is 8.78 Å². The highest BCUT2D eigenvalue weighted by atomic mass is 35.5. The van der Waals surface area contributed by atoms with E-state index in [0.29, 0.717) is 11.0 Å². The van der Waals surface area contributed by atoms with Gasteiger partial charge in [0.1, 0.15) is 5.54 Å². The average molecular weight is 390 g/mol. The smallest absolute Gasteiger partial charge is 0.270 e. The number of guanidine groups is 1. The van der Waals surface area contributed by atoms with E-state index in [2.05, 4.69) is 6.58 Å². The van der Waals surface area contributed by atoms with Crippen LogP contribution in [0.25, 0.3) is 0 Å². The van der Waals surface area contributed by atoms with Gasteiger partial charge in [-0.25, -0.2) is 13.8 Å². The molecule has 2 aromatic carbocycles. The molecule has 0 aromatic heterocycles. The summed E-state index contributed by atoms with van der Waals surface area (Å²) in [4.78, 5) is 6.45. The van der Waals surface area contributed by atoms with Gasteiger partial charge in [-0.2, -0.15) is 0 Å². The van der Waals surface area contributed by atoms with Gasteiger partial charge in [-0.05, 0) is 24.1 Å². The first-order chi connectivity index (χ1) is 12.6. The molecule has 3 nitrogen and oxygen atoms in total. The molecule has 2 N–H and O–H groups in total. The summed E-state index contributed by atoms with van der Waals surface area (Å²) in [6.45, 7) is 7.02. The molecule has 142 valence electrons. The number of alkyl halides is 2. The Kier molecular flexibility index (Phi) is 4.76. The Labute approximate surface area is 163 Å². The summed E-state index contributed by atoms with van der Waals surface area (Å²) in [5, 5.41) is 0.565. The maximum atomic E-state index is 13.6. The van der Waals surface area contributed by atoms with Crippen LogP contribution in [0.5, 0.6) is 0 Å². The van der Waals surface area contributed by atoms with E-state index in [1.54, 1.807) is 30.1 Å². The molecular weight excluding hydrogens is 368 g/mol. The van der Waals surface area contributed by atoms with Gasteiger partial charge in [0.15, 0.2) is 5.96 Å². The van der Waals surface area contributed by atoms with Crippen LogP contribution in [0.2, 0.25) is 5.02 Å². The first kappa shape index (κ1) is 19.4. The molecule has 0 radical (unpaired) electrons. The molecular formula is C21H22ClF2N3. The molecule has 2 aromatic rings. The Morgan fingerprint density at radius 2 is 1.78 bits per heavy atom. The Hall–Kier alpha value is -2.40. The second-order valence-electron chi connectivity index (χ2n) is 7.09. The van der Waals surface area contributed by atoms with Gasteiger partial charge in [0.25, 0.3) is 5.92 Å². The fourth-order valence-electron chi connectivity index (χ4n) is 3.62. The summed E-state index contributed by atoms with van der Waals surface area (Å²) in [6, 6.07) is 13.7. The predicted octanol–water partition coefficient (Wildman–Crippen LogP) is 5.22. The Morgan fingerprint density at radius 1 is 1.19 bits per heavy atom. The van der Waals surface area contributed by atoms with Gasteiger partial charge in [-0.1, -0.05) is 60.6 Å². The number of halogens is 3. The van der Waals surface area contributed by atoms with Gasteiger partial charge in [-0.15, -0.1) is 0 Å². The van der Waals surface area contributed by atoms with Crippen LogP contribution in [0.15, 0.2) is 65.8 Å². The second-order valence-corrected chi connectivity index (χ2v) is 7.50. The third kappa shape index (κ3) is 3.32. The van der Waals surface area contributed by atoms with Gasteiger partial charge >= 0.3 is 0 Å². The van der Waals surface area contributed by atoms with E-state index < -0.39 is 11.5 Å². The van der Waals surface area contributed by atoms with Crippen molar-refractivity contribution in [3.63, 3.8) is 0 Å². The number of aliphatic imine (C=N–C) groups is 1. The molecule has 1 aliphatic rings. The summed E-state index contributed by atoms with van der Waals surface area (Å²) < 4.78 is 27.2. The topological polar surface area (TPSA) is 41.6 Å². The normalized spacial score (nSPS) is 23.3. The highest BCUT2D eigenvalue weighted by Crippen LogP contribution is 2.49. The summed E-state index contributed by atoms with van der Waals surface area (Å²) in [5.41, 5.74) is 7.62. The predicted molar refractivity (Wildman–Crippen MR) is 106 cm³/mol. The van der Waals surface area contributed by atoms with Crippen molar-refractivity contribution >= 4 is 17.6 Å². The van der Waals surface area contributed by atoms with Crippen LogP contribution < -0.4 is 5.73 Å². The van der Waals surface area contributed by atoms with Crippen molar-refractivity contribution in [1.82, 2.24) is 4.90 Å². The highest BCUT2D eigenvalue weighted by Gasteiger charge is 2.44. The van der Waals surface area contributed by atoms with E-state index >= 15 is 0 Å². The van der Waals surface area contributed by atoms with Gasteiger partial charge in [-0.3, -0.25) is 0 Å². The second kappa shape index (κ2) is 6.64. The standard InChI is InChI=1S/C21H22ClF2N3/c1-13-18(14-9-11-15(12-10-14)21(3,23)24)20(2,26-19(25)27(13)4)16-7-5-6-8-17(16)22/h5-12,18H,1H2,2-4H3,(H2,25,26)/t18-,20+/m0/s1. The molecule has 0 saturated heterocycles. The fraction of sp³-hybridized carbons (Fsp3) is 0.286. The van der Waals surface area contributed by atoms with E-state index in [0.717, 1.165) is 23.7 Å². The van der Waals surface area contributed by atoms with Crippen molar-refractivity contribution in [3.8, 4) is 0 Å². The highest BCUT2D eigenvalue weighted by molar-refractivity contribution is 6.31. The summed E-state index contributed by atoms with van der Waals surface area (Å²) >= 11 is 6.46. The quantitative estimate of drug-likeness (QED) is 0.781. The first-order valence-electron chi connectivity index (χ1n) is 8.57. The molecule has 0 aliphatic carbocycles. The Balaban J connectivity index is 2.18. The first-order valence-corrected chi connectivity index (χ1v) is 8.94. The lowest BCUT2D eigenvalue weighted by molar-refractivity contribution is 0.0174. The zero-order valence-electron chi connectivity index (χ0n) is 15.5. The zero-order valence-corrected chi connectivity index (χ0v) is 16.3. The van der Waals surface area contributed by atoms with Gasteiger partial charge in [0, 0.05) is 30.3 Å². The number of hydrogen-bond donors (Lipinski definition) is 1. The number of hydrogen-bond acceptors (Lipinski definition) is 3. The average Bonchev–Trinajstić information content (AvgIpc) is 2.60. The minimum atomic E-state index is -2.90. The lowest BCUT2D eigenvalue weighted by Gasteiger charge is -2.44. The lowest BCUT2D eigenvalue weighted by atomic mass is 9.73. The van der Waals surface area contributed by atoms with E-state index in [1.165, 1.54) is 12.1 Å². The molecule has 0 fully saturated rings. The van der Waals surface area contributed by atoms with Crippen LogP contribution in [0.4, 0.5) is 8.78 Å². The van der Waals surface area contributed by atoms with Crippen LogP contribution >= 0.6 is 11.6 Å². The van der Waals surface area contributed by atoms with Gasteiger partial charge in [0.2, 0.25) is 0 Å². The molecule has 0 spiro atoms. The fourth-order valence-corrected chi connectivity index (χ4v) is 3.94. The van der Waals surface area contributed by atoms with Crippen molar-refractivity contribution in [2.45, 2.75) is 31.2 Å². The molecule has 1 heterocycles. The Bertz CT molecular complexity index is 902. The molecule has 27 heavy (non-hydrogen) atoms. The third-order valence-corrected chi connectivity index (χ3v) is 5.52. The van der Waals surface area contributed by atoms with Crippen molar-refractivity contribution in [3.05, 3.63) is 82.5 Å². The molecule has 0 saturated carbocycles. The largest absolute Gasteiger partial charge is 0.370 e. The molecule has 1 aliphatic heterocycles. The van der Waals surface area contributed by atoms with Crippen LogP contribution in [0, 0.1) is 0 Å². The monoisotopic (exact) mass is 389 g/mol. The van der Waals surface area contributed by atoms with E-state index in [-0.39, 0.29) is 11.5 Å². The number of nitrogens with zero attached hydrogens (tertiary/aromatic N) is 2. The van der Waals surface area contributed by atoms with E-state index in [1.807, 2.05) is 25.1 Å². The Morgan fingerprint density at radius 3 is 2.33 bits per heavy atom. The minimum absolute atomic E-state index is 0.0384. The molecule has 6 heteroatoms. The summed E-state index contributed by atoms with van der Waals surface area (Å²) in [5.74, 6) is -2.88. The van der Waals surface area contributed by atoms with Gasteiger partial charge < -0.3 is 10.6 Å². The zero-order chi connectivity index (χ0) is 20.0. The molecule has 0 amide bonds. The van der Waals surface area contributed by atoms with Crippen LogP contribution in [0.3, 0.4) is 0 Å². The number of likely N-dealkylation sites (N-methyl/N-ethyl adjacent to an activating group) is 1. The maximum Gasteiger partial charge on any atom is 0.270 e. The minimum Gasteiger partial charge on any atom is -0.370 e. The van der Waals surface area contributed by atoms with Crippen LogP contribution in [0.1, 0.15) is 36.5 Å². The van der Waals surface area contributed by atoms with Gasteiger partial charge in [0.05, 0.1) is 5.92 Å². The van der Waals surface area contributed by atoms with Crippen LogP contribution in [-0.2, 0) is 11.5 Å². The molecule has 3 rings (SSSR count). The van der Waals surface area contributed by atoms with Crippen LogP contribution in [-0.4, -0.2) is 17.9 Å². The maximum absolute atomic E-state index is 13.6. The summed E-state index contributed by atoms with van der Waals surface area (Å²) in [6.07, 6.45) is 0. The van der Waals surface area contributed by atoms with Crippen molar-refractivity contribution in [2.24, 2.45) is 10.7 Å². The third-order valence-electron chi connectivity index (χ3n) is 5.19. The molecule has 0 unspecified atom stereocenters. The number of benzene rings is 2. The number of rotatable bonds is 3. The van der Waals surface area contributed by atoms with E-state index in [9.17, 15) is 8.78 Å². The molecule has 0 bridgehead atoms. The van der Waals surface area contributed by atoms with Crippen molar-refractivity contribution in [2.75, 3.05) is 7.05 Å². The lowest BCUT2D eigenvalue weighted by Crippen LogP contribution is -2.47. The van der Waals surface area contributed by atoms with E-state index in [4.69, 9.17) is 22.3 Å². The molecule has 2 atom stereocenters. The number of nitrogens with two attached hydrogens (primary N) is 1.